The van der Waals surface area contributed by atoms with Gasteiger partial charge >= 0.3 is 11.8 Å². The largest absolute Gasteiger partial charge is 0.396 e. The minimum Gasteiger partial charge on any atom is -0.396 e. The van der Waals surface area contributed by atoms with E-state index in [-0.39, 0.29) is 22.7 Å². The van der Waals surface area contributed by atoms with Crippen LogP contribution in [0.1, 0.15) is 26.2 Å². The maximum Gasteiger partial charge on any atom is 0.313 e. The summed E-state index contributed by atoms with van der Waals surface area (Å²) in [5.74, 6) is -2.00. The molecule has 0 spiro atoms. The molecule has 1 aromatic rings. The predicted octanol–water partition coefficient (Wildman–Crippen LogP) is 2.43. The highest BCUT2D eigenvalue weighted by Crippen LogP contribution is 2.34. The highest BCUT2D eigenvalue weighted by molar-refractivity contribution is 6.39. The fraction of sp³-hybridized carbons (Fsp3) is 0.500. The van der Waals surface area contributed by atoms with E-state index in [1.165, 1.54) is 17.0 Å². The lowest BCUT2D eigenvalue weighted by Crippen LogP contribution is -2.48. The van der Waals surface area contributed by atoms with Crippen LogP contribution in [0.3, 0.4) is 0 Å². The molecular formula is C16H20ClFN2O3. The number of likely N-dealkylation sites (tertiary alicyclic amines) is 1. The monoisotopic (exact) mass is 342 g/mol. The standard InChI is InChI=1S/C16H20ClFN2O3/c1-2-16(10-21)5-7-20(8-6-16)15(23)14(22)19-11-3-4-13(18)12(17)9-11/h3-4,9,21H,2,5-8,10H2,1H3,(H,19,22). The molecule has 7 heteroatoms. The van der Waals surface area contributed by atoms with Crippen molar-refractivity contribution in [1.29, 1.82) is 0 Å². The number of nitrogens with one attached hydrogen (secondary N) is 1. The van der Waals surface area contributed by atoms with E-state index in [4.69, 9.17) is 11.6 Å². The lowest BCUT2D eigenvalue weighted by atomic mass is 9.77. The van der Waals surface area contributed by atoms with Crippen LogP contribution in [0.5, 0.6) is 0 Å². The number of hydrogen-bond donors (Lipinski definition) is 2. The van der Waals surface area contributed by atoms with Crippen LogP contribution in [-0.4, -0.2) is 41.5 Å². The predicted molar refractivity (Wildman–Crippen MR) is 85.7 cm³/mol. The van der Waals surface area contributed by atoms with Crippen LogP contribution in [0.4, 0.5) is 10.1 Å². The van der Waals surface area contributed by atoms with Crippen molar-refractivity contribution in [3.63, 3.8) is 0 Å². The fourth-order valence-electron chi connectivity index (χ4n) is 2.71. The molecule has 0 aromatic heterocycles. The summed E-state index contributed by atoms with van der Waals surface area (Å²) in [5, 5.41) is 11.8. The van der Waals surface area contributed by atoms with Crippen LogP contribution in [0.25, 0.3) is 0 Å². The molecule has 1 fully saturated rings. The summed E-state index contributed by atoms with van der Waals surface area (Å²) in [5.41, 5.74) is 0.114. The Bertz CT molecular complexity index is 595. The summed E-state index contributed by atoms with van der Waals surface area (Å²) in [6.07, 6.45) is 2.18. The fourth-order valence-corrected chi connectivity index (χ4v) is 2.89. The zero-order valence-electron chi connectivity index (χ0n) is 12.9. The van der Waals surface area contributed by atoms with Crippen molar-refractivity contribution in [2.24, 2.45) is 5.41 Å². The van der Waals surface area contributed by atoms with Crippen LogP contribution < -0.4 is 5.32 Å². The zero-order valence-corrected chi connectivity index (χ0v) is 13.7. The van der Waals surface area contributed by atoms with E-state index in [1.807, 2.05) is 6.92 Å². The number of hydrogen-bond acceptors (Lipinski definition) is 3. The second kappa shape index (κ2) is 7.27. The van der Waals surface area contributed by atoms with E-state index in [2.05, 4.69) is 5.32 Å². The van der Waals surface area contributed by atoms with E-state index in [1.54, 1.807) is 0 Å². The zero-order chi connectivity index (χ0) is 17.0. The Morgan fingerprint density at radius 2 is 2.04 bits per heavy atom. The van der Waals surface area contributed by atoms with Gasteiger partial charge in [0.05, 0.1) is 5.02 Å². The second-order valence-electron chi connectivity index (χ2n) is 5.89. The van der Waals surface area contributed by atoms with Gasteiger partial charge in [0.25, 0.3) is 0 Å². The number of anilines is 1. The summed E-state index contributed by atoms with van der Waals surface area (Å²) in [6.45, 7) is 2.97. The lowest BCUT2D eigenvalue weighted by Gasteiger charge is -2.39. The van der Waals surface area contributed by atoms with E-state index in [9.17, 15) is 19.1 Å². The van der Waals surface area contributed by atoms with Crippen LogP contribution in [0, 0.1) is 11.2 Å². The average Bonchev–Trinajstić information content (AvgIpc) is 2.57. The number of rotatable bonds is 3. The van der Waals surface area contributed by atoms with Crippen molar-refractivity contribution in [3.05, 3.63) is 29.0 Å². The first-order valence-electron chi connectivity index (χ1n) is 7.57. The van der Waals surface area contributed by atoms with E-state index >= 15 is 0 Å². The summed E-state index contributed by atoms with van der Waals surface area (Å²) >= 11 is 5.64. The Labute approximate surface area is 139 Å². The van der Waals surface area contributed by atoms with Crippen molar-refractivity contribution < 1.29 is 19.1 Å². The van der Waals surface area contributed by atoms with Gasteiger partial charge in [-0.15, -0.1) is 0 Å². The molecule has 0 unspecified atom stereocenters. The van der Waals surface area contributed by atoms with Gasteiger partial charge in [-0.25, -0.2) is 4.39 Å². The number of carbonyl (C=O) groups excluding carboxylic acids is 2. The number of amides is 2. The van der Waals surface area contributed by atoms with Gasteiger partial charge in [-0.3, -0.25) is 9.59 Å². The Morgan fingerprint density at radius 3 is 2.57 bits per heavy atom. The second-order valence-corrected chi connectivity index (χ2v) is 6.29. The summed E-state index contributed by atoms with van der Waals surface area (Å²) in [7, 11) is 0. The third kappa shape index (κ3) is 4.00. The molecule has 1 heterocycles. The molecule has 2 amide bonds. The Kier molecular flexibility index (Phi) is 5.59. The van der Waals surface area contributed by atoms with E-state index in [0.717, 1.165) is 12.5 Å². The van der Waals surface area contributed by atoms with Crippen LogP contribution in [-0.2, 0) is 9.59 Å². The molecule has 5 nitrogen and oxygen atoms in total. The first-order chi connectivity index (χ1) is 10.9. The molecule has 0 radical (unpaired) electrons. The number of piperidine rings is 1. The van der Waals surface area contributed by atoms with Gasteiger partial charge in [-0.2, -0.15) is 0 Å². The summed E-state index contributed by atoms with van der Waals surface area (Å²) < 4.78 is 13.1. The Hall–Kier alpha value is -1.66. The number of aliphatic hydroxyl groups is 1. The van der Waals surface area contributed by atoms with Crippen molar-refractivity contribution in [3.8, 4) is 0 Å². The summed E-state index contributed by atoms with van der Waals surface area (Å²) in [6, 6.07) is 3.72. The van der Waals surface area contributed by atoms with Crippen molar-refractivity contribution in [2.45, 2.75) is 26.2 Å². The molecule has 0 saturated carbocycles. The highest BCUT2D eigenvalue weighted by atomic mass is 35.5. The third-order valence-corrected chi connectivity index (χ3v) is 4.86. The maximum atomic E-state index is 13.1. The average molecular weight is 343 g/mol. The molecule has 0 aliphatic carbocycles. The number of halogens is 2. The van der Waals surface area contributed by atoms with Crippen molar-refractivity contribution in [1.82, 2.24) is 4.90 Å². The van der Waals surface area contributed by atoms with Gasteiger partial charge in [-0.05, 0) is 42.9 Å². The molecule has 2 N–H and O–H groups in total. The van der Waals surface area contributed by atoms with E-state index in [0.29, 0.717) is 25.9 Å². The smallest absolute Gasteiger partial charge is 0.313 e. The molecule has 1 aromatic carbocycles. The van der Waals surface area contributed by atoms with Gasteiger partial charge < -0.3 is 15.3 Å². The van der Waals surface area contributed by atoms with Gasteiger partial charge in [0.15, 0.2) is 0 Å². The summed E-state index contributed by atoms with van der Waals surface area (Å²) in [4.78, 5) is 25.7. The topological polar surface area (TPSA) is 69.6 Å². The first-order valence-corrected chi connectivity index (χ1v) is 7.95. The van der Waals surface area contributed by atoms with Crippen LogP contribution >= 0.6 is 11.6 Å². The molecule has 126 valence electrons. The molecule has 0 atom stereocenters. The minimum atomic E-state index is -0.777. The van der Waals surface area contributed by atoms with Crippen molar-refractivity contribution >= 4 is 29.1 Å². The van der Waals surface area contributed by atoms with Gasteiger partial charge in [0.2, 0.25) is 0 Å². The third-order valence-electron chi connectivity index (χ3n) is 4.57. The molecule has 0 bridgehead atoms. The molecular weight excluding hydrogens is 323 g/mol. The number of aliphatic hydroxyl groups excluding tert-OH is 1. The number of carbonyl (C=O) groups is 2. The number of nitrogens with zero attached hydrogens (tertiary/aromatic N) is 1. The quantitative estimate of drug-likeness (QED) is 0.829. The number of benzene rings is 1. The normalized spacial score (nSPS) is 17.0. The molecule has 2 rings (SSSR count). The minimum absolute atomic E-state index is 0.0891. The molecule has 23 heavy (non-hydrogen) atoms. The van der Waals surface area contributed by atoms with Crippen LogP contribution in [0.15, 0.2) is 18.2 Å². The first kappa shape index (κ1) is 17.7. The molecule has 1 aliphatic heterocycles. The molecule has 1 saturated heterocycles. The lowest BCUT2D eigenvalue weighted by molar-refractivity contribution is -0.145. The van der Waals surface area contributed by atoms with Gasteiger partial charge in [-0.1, -0.05) is 18.5 Å². The highest BCUT2D eigenvalue weighted by Gasteiger charge is 2.35. The van der Waals surface area contributed by atoms with Crippen molar-refractivity contribution in [2.75, 3.05) is 25.0 Å². The van der Waals surface area contributed by atoms with E-state index < -0.39 is 17.6 Å². The Balaban J connectivity index is 1.95. The molecule has 1 aliphatic rings. The van der Waals surface area contributed by atoms with Gasteiger partial charge in [0, 0.05) is 25.4 Å². The Morgan fingerprint density at radius 1 is 1.39 bits per heavy atom. The van der Waals surface area contributed by atoms with Gasteiger partial charge in [0.1, 0.15) is 5.82 Å². The maximum absolute atomic E-state index is 13.1. The SMILES string of the molecule is CCC1(CO)CCN(C(=O)C(=O)Nc2ccc(F)c(Cl)c2)CC1. The van der Waals surface area contributed by atoms with Crippen LogP contribution in [0.2, 0.25) is 5.02 Å².